The lowest BCUT2D eigenvalue weighted by Crippen LogP contribution is -2.15. The highest BCUT2D eigenvalue weighted by Crippen LogP contribution is 2.24. The van der Waals surface area contributed by atoms with E-state index >= 15 is 0 Å². The summed E-state index contributed by atoms with van der Waals surface area (Å²) in [6.45, 7) is 3.27. The lowest BCUT2D eigenvalue weighted by atomic mass is 10.1. The fraction of sp³-hybridized carbons (Fsp3) is 0.133. The van der Waals surface area contributed by atoms with E-state index in [1.54, 1.807) is 32.0 Å². The maximum Gasteiger partial charge on any atom is 0.285 e. The maximum atomic E-state index is 13.7. The molecule has 5 nitrogen and oxygen atoms in total. The zero-order valence-corrected chi connectivity index (χ0v) is 11.5. The van der Waals surface area contributed by atoms with Crippen molar-refractivity contribution in [2.24, 2.45) is 0 Å². The van der Waals surface area contributed by atoms with Crippen LogP contribution in [0.2, 0.25) is 0 Å². The Bertz CT molecular complexity index is 729. The van der Waals surface area contributed by atoms with Crippen molar-refractivity contribution < 1.29 is 14.1 Å². The second-order valence-corrected chi connectivity index (χ2v) is 4.67. The van der Waals surface area contributed by atoms with Gasteiger partial charge in [-0.1, -0.05) is 18.2 Å². The Balaban J connectivity index is 2.37. The summed E-state index contributed by atoms with van der Waals surface area (Å²) in [6.07, 6.45) is 0. The van der Waals surface area contributed by atoms with Crippen LogP contribution in [0.4, 0.5) is 15.8 Å². The minimum absolute atomic E-state index is 0.0126. The molecule has 2 aromatic carbocycles. The molecular weight excluding hydrogens is 275 g/mol. The molecule has 108 valence electrons. The number of nitro benzene ring substituents is 1. The van der Waals surface area contributed by atoms with E-state index in [1.165, 1.54) is 18.2 Å². The molecule has 0 radical (unpaired) electrons. The number of nitro groups is 1. The summed E-state index contributed by atoms with van der Waals surface area (Å²) in [5.41, 5.74) is 0.702. The van der Waals surface area contributed by atoms with E-state index in [-0.39, 0.29) is 16.9 Å². The molecule has 2 rings (SSSR count). The number of aryl methyl sites for hydroxylation is 2. The molecule has 0 heterocycles. The fourth-order valence-electron chi connectivity index (χ4n) is 2.00. The number of hydrogen-bond acceptors (Lipinski definition) is 3. The van der Waals surface area contributed by atoms with Gasteiger partial charge in [-0.2, -0.15) is 0 Å². The molecule has 2 aromatic rings. The number of anilines is 1. The van der Waals surface area contributed by atoms with Crippen molar-refractivity contribution in [2.75, 3.05) is 5.32 Å². The molecular formula is C15H13FN2O3. The standard InChI is InChI=1S/C15H13FN2O3/c1-9-6-7-13(12(16)8-9)17-15(19)11-5-3-4-10(2)14(11)18(20)21/h3-8H,1-2H3,(H,17,19). The van der Waals surface area contributed by atoms with Crippen LogP contribution in [0.15, 0.2) is 36.4 Å². The largest absolute Gasteiger partial charge is 0.319 e. The predicted octanol–water partition coefficient (Wildman–Crippen LogP) is 3.60. The van der Waals surface area contributed by atoms with Crippen molar-refractivity contribution in [2.45, 2.75) is 13.8 Å². The van der Waals surface area contributed by atoms with E-state index in [1.807, 2.05) is 0 Å². The highest BCUT2D eigenvalue weighted by atomic mass is 19.1. The summed E-state index contributed by atoms with van der Waals surface area (Å²) >= 11 is 0. The second-order valence-electron chi connectivity index (χ2n) is 4.67. The molecule has 0 aliphatic heterocycles. The smallest absolute Gasteiger partial charge is 0.285 e. The molecule has 0 saturated heterocycles. The first-order valence-electron chi connectivity index (χ1n) is 6.21. The third-order valence-corrected chi connectivity index (χ3v) is 3.04. The maximum absolute atomic E-state index is 13.7. The zero-order chi connectivity index (χ0) is 15.6. The third kappa shape index (κ3) is 3.05. The molecule has 1 amide bonds. The number of hydrogen-bond donors (Lipinski definition) is 1. The van der Waals surface area contributed by atoms with Gasteiger partial charge in [-0.05, 0) is 37.6 Å². The van der Waals surface area contributed by atoms with Crippen molar-refractivity contribution in [3.63, 3.8) is 0 Å². The Morgan fingerprint density at radius 2 is 1.95 bits per heavy atom. The summed E-state index contributed by atoms with van der Waals surface area (Å²) in [7, 11) is 0. The van der Waals surface area contributed by atoms with Gasteiger partial charge in [-0.25, -0.2) is 4.39 Å². The predicted molar refractivity (Wildman–Crippen MR) is 76.9 cm³/mol. The van der Waals surface area contributed by atoms with Crippen LogP contribution in [0.25, 0.3) is 0 Å². The molecule has 0 fully saturated rings. The number of halogens is 1. The first-order chi connectivity index (χ1) is 9.90. The Labute approximate surface area is 120 Å². The average Bonchev–Trinajstić information content (AvgIpc) is 2.41. The minimum atomic E-state index is -0.715. The number of nitrogens with one attached hydrogen (secondary N) is 1. The van der Waals surface area contributed by atoms with E-state index in [9.17, 15) is 19.3 Å². The SMILES string of the molecule is Cc1ccc(NC(=O)c2cccc(C)c2[N+](=O)[O-])c(F)c1. The molecule has 21 heavy (non-hydrogen) atoms. The Morgan fingerprint density at radius 3 is 2.57 bits per heavy atom. The first kappa shape index (κ1) is 14.6. The lowest BCUT2D eigenvalue weighted by Gasteiger charge is -2.08. The van der Waals surface area contributed by atoms with Gasteiger partial charge in [-0.3, -0.25) is 14.9 Å². The van der Waals surface area contributed by atoms with E-state index in [4.69, 9.17) is 0 Å². The van der Waals surface area contributed by atoms with Gasteiger partial charge in [0.15, 0.2) is 0 Å². The van der Waals surface area contributed by atoms with Crippen LogP contribution in [0.5, 0.6) is 0 Å². The molecule has 6 heteroatoms. The van der Waals surface area contributed by atoms with E-state index in [0.717, 1.165) is 0 Å². The number of nitrogens with zero attached hydrogens (tertiary/aromatic N) is 1. The van der Waals surface area contributed by atoms with Gasteiger partial charge in [0, 0.05) is 5.56 Å². The van der Waals surface area contributed by atoms with Crippen LogP contribution in [0, 0.1) is 29.8 Å². The molecule has 0 saturated carbocycles. The zero-order valence-electron chi connectivity index (χ0n) is 11.5. The summed E-state index contributed by atoms with van der Waals surface area (Å²) in [6, 6.07) is 8.77. The van der Waals surface area contributed by atoms with Gasteiger partial charge in [0.25, 0.3) is 11.6 Å². The van der Waals surface area contributed by atoms with E-state index in [0.29, 0.717) is 11.1 Å². The topological polar surface area (TPSA) is 72.2 Å². The number of benzene rings is 2. The quantitative estimate of drug-likeness (QED) is 0.692. The Morgan fingerprint density at radius 1 is 1.24 bits per heavy atom. The molecule has 0 aliphatic rings. The highest BCUT2D eigenvalue weighted by Gasteiger charge is 2.22. The Kier molecular flexibility index (Phi) is 3.98. The van der Waals surface area contributed by atoms with Crippen molar-refractivity contribution in [3.05, 3.63) is 69.0 Å². The summed E-state index contributed by atoms with van der Waals surface area (Å²) < 4.78 is 13.7. The van der Waals surface area contributed by atoms with Crippen LogP contribution in [-0.2, 0) is 0 Å². The lowest BCUT2D eigenvalue weighted by molar-refractivity contribution is -0.385. The molecule has 0 spiro atoms. The van der Waals surface area contributed by atoms with Crippen molar-refractivity contribution in [3.8, 4) is 0 Å². The van der Waals surface area contributed by atoms with Gasteiger partial charge in [0.05, 0.1) is 10.6 Å². The number of carbonyl (C=O) groups is 1. The van der Waals surface area contributed by atoms with Crippen LogP contribution >= 0.6 is 0 Å². The van der Waals surface area contributed by atoms with E-state index < -0.39 is 16.6 Å². The molecule has 1 N–H and O–H groups in total. The van der Waals surface area contributed by atoms with Gasteiger partial charge < -0.3 is 5.32 Å². The normalized spacial score (nSPS) is 10.2. The summed E-state index contributed by atoms with van der Waals surface area (Å²) in [4.78, 5) is 22.6. The van der Waals surface area contributed by atoms with Gasteiger partial charge >= 0.3 is 0 Å². The van der Waals surface area contributed by atoms with Crippen molar-refractivity contribution in [1.29, 1.82) is 0 Å². The number of para-hydroxylation sites is 1. The molecule has 0 atom stereocenters. The highest BCUT2D eigenvalue weighted by molar-refractivity contribution is 6.07. The minimum Gasteiger partial charge on any atom is -0.319 e. The molecule has 0 aliphatic carbocycles. The first-order valence-corrected chi connectivity index (χ1v) is 6.21. The van der Waals surface area contributed by atoms with E-state index in [2.05, 4.69) is 5.32 Å². The van der Waals surface area contributed by atoms with Crippen molar-refractivity contribution >= 4 is 17.3 Å². The second kappa shape index (κ2) is 5.70. The fourth-order valence-corrected chi connectivity index (χ4v) is 2.00. The van der Waals surface area contributed by atoms with Crippen LogP contribution < -0.4 is 5.32 Å². The van der Waals surface area contributed by atoms with Gasteiger partial charge in [0.1, 0.15) is 11.4 Å². The average molecular weight is 288 g/mol. The third-order valence-electron chi connectivity index (χ3n) is 3.04. The van der Waals surface area contributed by atoms with Crippen LogP contribution in [0.1, 0.15) is 21.5 Å². The number of amides is 1. The summed E-state index contributed by atoms with van der Waals surface area (Å²) in [5, 5.41) is 13.4. The number of rotatable bonds is 3. The van der Waals surface area contributed by atoms with Crippen LogP contribution in [0.3, 0.4) is 0 Å². The molecule has 0 bridgehead atoms. The Hall–Kier alpha value is -2.76. The van der Waals surface area contributed by atoms with Gasteiger partial charge in [-0.15, -0.1) is 0 Å². The van der Waals surface area contributed by atoms with Gasteiger partial charge in [0.2, 0.25) is 0 Å². The summed E-state index contributed by atoms with van der Waals surface area (Å²) in [5.74, 6) is -1.30. The van der Waals surface area contributed by atoms with Crippen LogP contribution in [-0.4, -0.2) is 10.8 Å². The monoisotopic (exact) mass is 288 g/mol. The van der Waals surface area contributed by atoms with Crippen molar-refractivity contribution in [1.82, 2.24) is 0 Å². The molecule has 0 unspecified atom stereocenters. The number of carbonyl (C=O) groups excluding carboxylic acids is 1. The molecule has 0 aromatic heterocycles.